The van der Waals surface area contributed by atoms with Gasteiger partial charge in [-0.1, -0.05) is 17.7 Å². The molecule has 0 aliphatic carbocycles. The number of aromatic nitrogens is 3. The van der Waals surface area contributed by atoms with Gasteiger partial charge in [-0.25, -0.2) is 0 Å². The minimum Gasteiger partial charge on any atom is -0.337 e. The molecular weight excluding hydrogens is 366 g/mol. The van der Waals surface area contributed by atoms with Crippen molar-refractivity contribution in [1.29, 1.82) is 0 Å². The zero-order valence-corrected chi connectivity index (χ0v) is 16.3. The molecule has 0 bridgehead atoms. The molecular formula is C22H23N5O2. The Bertz CT molecular complexity index is 998. The Morgan fingerprint density at radius 2 is 1.90 bits per heavy atom. The number of aryl methyl sites for hydroxylation is 1. The van der Waals surface area contributed by atoms with Crippen LogP contribution in [0.3, 0.4) is 0 Å². The molecule has 1 fully saturated rings. The van der Waals surface area contributed by atoms with Gasteiger partial charge in [-0.15, -0.1) is 0 Å². The standard InChI is InChI=1S/C22H23N5O2/c1-15-4-6-18(7-5-15)24-21(28)17-3-2-12-27(14-17)22(29)20-13-19(25-26-20)16-8-10-23-11-9-16/h4-11,13,17H,2-3,12,14H2,1H3,(H,24,28)(H,25,26)/t17-/m0/s1. The van der Waals surface area contributed by atoms with Crippen molar-refractivity contribution in [2.45, 2.75) is 19.8 Å². The maximum atomic E-state index is 12.9. The second-order valence-corrected chi connectivity index (χ2v) is 7.35. The Kier molecular flexibility index (Phi) is 5.37. The van der Waals surface area contributed by atoms with Crippen LogP contribution >= 0.6 is 0 Å². The molecule has 0 unspecified atom stereocenters. The van der Waals surface area contributed by atoms with E-state index in [0.29, 0.717) is 24.5 Å². The predicted octanol–water partition coefficient (Wildman–Crippen LogP) is 3.27. The number of benzene rings is 1. The Morgan fingerprint density at radius 3 is 2.66 bits per heavy atom. The molecule has 0 saturated carbocycles. The molecule has 3 aromatic rings. The molecule has 0 radical (unpaired) electrons. The number of H-pyrrole nitrogens is 1. The summed E-state index contributed by atoms with van der Waals surface area (Å²) < 4.78 is 0. The summed E-state index contributed by atoms with van der Waals surface area (Å²) in [5.74, 6) is -0.407. The topological polar surface area (TPSA) is 91.0 Å². The molecule has 2 N–H and O–H groups in total. The third-order valence-corrected chi connectivity index (χ3v) is 5.18. The van der Waals surface area contributed by atoms with Crippen molar-refractivity contribution in [1.82, 2.24) is 20.1 Å². The lowest BCUT2D eigenvalue weighted by molar-refractivity contribution is -0.121. The minimum atomic E-state index is -0.225. The normalized spacial score (nSPS) is 16.4. The highest BCUT2D eigenvalue weighted by Gasteiger charge is 2.29. The van der Waals surface area contributed by atoms with Gasteiger partial charge in [0.1, 0.15) is 5.69 Å². The number of nitrogens with one attached hydrogen (secondary N) is 2. The van der Waals surface area contributed by atoms with Crippen molar-refractivity contribution in [3.8, 4) is 11.3 Å². The van der Waals surface area contributed by atoms with Crippen LogP contribution in [0.5, 0.6) is 0 Å². The smallest absolute Gasteiger partial charge is 0.271 e. The number of piperidine rings is 1. The molecule has 3 heterocycles. The summed E-state index contributed by atoms with van der Waals surface area (Å²) in [6.07, 6.45) is 4.94. The predicted molar refractivity (Wildman–Crippen MR) is 110 cm³/mol. The van der Waals surface area contributed by atoms with Gasteiger partial charge in [0, 0.05) is 36.7 Å². The van der Waals surface area contributed by atoms with E-state index in [0.717, 1.165) is 29.7 Å². The second kappa shape index (κ2) is 8.26. The van der Waals surface area contributed by atoms with Gasteiger partial charge in [0.05, 0.1) is 11.6 Å². The average Bonchev–Trinajstić information content (AvgIpc) is 3.26. The van der Waals surface area contributed by atoms with E-state index in [-0.39, 0.29) is 17.7 Å². The summed E-state index contributed by atoms with van der Waals surface area (Å²) in [6.45, 7) is 3.04. The van der Waals surface area contributed by atoms with Gasteiger partial charge < -0.3 is 10.2 Å². The number of amides is 2. The molecule has 1 atom stereocenters. The van der Waals surface area contributed by atoms with Crippen molar-refractivity contribution in [3.63, 3.8) is 0 Å². The Hall–Kier alpha value is -3.48. The highest BCUT2D eigenvalue weighted by atomic mass is 16.2. The van der Waals surface area contributed by atoms with Gasteiger partial charge in [-0.05, 0) is 50.1 Å². The third-order valence-electron chi connectivity index (χ3n) is 5.18. The van der Waals surface area contributed by atoms with E-state index in [1.54, 1.807) is 23.4 Å². The van der Waals surface area contributed by atoms with Crippen LogP contribution in [0.25, 0.3) is 11.3 Å². The minimum absolute atomic E-state index is 0.0477. The molecule has 1 saturated heterocycles. The fraction of sp³-hybridized carbons (Fsp3) is 0.273. The molecule has 2 aromatic heterocycles. The summed E-state index contributed by atoms with van der Waals surface area (Å²) in [6, 6.07) is 13.1. The lowest BCUT2D eigenvalue weighted by Crippen LogP contribution is -2.43. The van der Waals surface area contributed by atoms with Crippen molar-refractivity contribution >= 4 is 17.5 Å². The number of nitrogens with zero attached hydrogens (tertiary/aromatic N) is 3. The van der Waals surface area contributed by atoms with Crippen molar-refractivity contribution in [2.75, 3.05) is 18.4 Å². The molecule has 1 aliphatic rings. The molecule has 29 heavy (non-hydrogen) atoms. The molecule has 1 aliphatic heterocycles. The van der Waals surface area contributed by atoms with Crippen LogP contribution in [0, 0.1) is 12.8 Å². The maximum Gasteiger partial charge on any atom is 0.271 e. The van der Waals surface area contributed by atoms with Crippen LogP contribution in [0.15, 0.2) is 54.9 Å². The zero-order valence-electron chi connectivity index (χ0n) is 16.3. The van der Waals surface area contributed by atoms with Gasteiger partial charge in [0.2, 0.25) is 5.91 Å². The van der Waals surface area contributed by atoms with E-state index in [2.05, 4.69) is 20.5 Å². The van der Waals surface area contributed by atoms with Crippen molar-refractivity contribution < 1.29 is 9.59 Å². The maximum absolute atomic E-state index is 12.9. The van der Waals surface area contributed by atoms with Gasteiger partial charge in [0.25, 0.3) is 5.91 Å². The number of anilines is 1. The van der Waals surface area contributed by atoms with Crippen LogP contribution in [0.2, 0.25) is 0 Å². The number of aromatic amines is 1. The summed E-state index contributed by atoms with van der Waals surface area (Å²) in [5.41, 5.74) is 3.94. The van der Waals surface area contributed by atoms with Gasteiger partial charge >= 0.3 is 0 Å². The fourth-order valence-corrected chi connectivity index (χ4v) is 3.53. The quantitative estimate of drug-likeness (QED) is 0.716. The third kappa shape index (κ3) is 4.34. The number of carbonyl (C=O) groups is 2. The number of pyridine rings is 1. The lowest BCUT2D eigenvalue weighted by atomic mass is 9.96. The van der Waals surface area contributed by atoms with E-state index in [4.69, 9.17) is 0 Å². The molecule has 4 rings (SSSR count). The summed E-state index contributed by atoms with van der Waals surface area (Å²) >= 11 is 0. The first-order valence-electron chi connectivity index (χ1n) is 9.73. The SMILES string of the molecule is Cc1ccc(NC(=O)[C@H]2CCCN(C(=O)c3cc(-c4ccncc4)n[nH]3)C2)cc1. The van der Waals surface area contributed by atoms with E-state index in [1.165, 1.54) is 0 Å². The molecule has 2 amide bonds. The number of likely N-dealkylation sites (tertiary alicyclic amines) is 1. The number of rotatable bonds is 4. The summed E-state index contributed by atoms with van der Waals surface area (Å²) in [5, 5.41) is 10.0. The van der Waals surface area contributed by atoms with Crippen molar-refractivity contribution in [3.05, 3.63) is 66.1 Å². The van der Waals surface area contributed by atoms with Gasteiger partial charge in [0.15, 0.2) is 0 Å². The first-order valence-corrected chi connectivity index (χ1v) is 9.73. The average molecular weight is 389 g/mol. The van der Waals surface area contributed by atoms with E-state index >= 15 is 0 Å². The Labute approximate surface area is 169 Å². The van der Waals surface area contributed by atoms with E-state index in [1.807, 2.05) is 43.3 Å². The lowest BCUT2D eigenvalue weighted by Gasteiger charge is -2.31. The highest BCUT2D eigenvalue weighted by molar-refractivity contribution is 5.95. The monoisotopic (exact) mass is 389 g/mol. The Morgan fingerprint density at radius 1 is 1.14 bits per heavy atom. The van der Waals surface area contributed by atoms with Crippen LogP contribution in [-0.2, 0) is 4.79 Å². The molecule has 7 nitrogen and oxygen atoms in total. The Balaban J connectivity index is 1.41. The fourth-order valence-electron chi connectivity index (χ4n) is 3.53. The second-order valence-electron chi connectivity index (χ2n) is 7.35. The largest absolute Gasteiger partial charge is 0.337 e. The molecule has 148 valence electrons. The molecule has 0 spiro atoms. The summed E-state index contributed by atoms with van der Waals surface area (Å²) in [4.78, 5) is 31.3. The van der Waals surface area contributed by atoms with Crippen LogP contribution in [-0.4, -0.2) is 45.0 Å². The molecule has 1 aromatic carbocycles. The van der Waals surface area contributed by atoms with Gasteiger partial charge in [-0.2, -0.15) is 5.10 Å². The summed E-state index contributed by atoms with van der Waals surface area (Å²) in [7, 11) is 0. The number of hydrogen-bond acceptors (Lipinski definition) is 4. The van der Waals surface area contributed by atoms with E-state index < -0.39 is 0 Å². The van der Waals surface area contributed by atoms with Crippen LogP contribution < -0.4 is 5.32 Å². The van der Waals surface area contributed by atoms with E-state index in [9.17, 15) is 9.59 Å². The van der Waals surface area contributed by atoms with Crippen LogP contribution in [0.4, 0.5) is 5.69 Å². The highest BCUT2D eigenvalue weighted by Crippen LogP contribution is 2.22. The zero-order chi connectivity index (χ0) is 20.2. The van der Waals surface area contributed by atoms with Gasteiger partial charge in [-0.3, -0.25) is 19.7 Å². The first-order chi connectivity index (χ1) is 14.1. The molecule has 7 heteroatoms. The first kappa shape index (κ1) is 18.9. The van der Waals surface area contributed by atoms with Crippen molar-refractivity contribution in [2.24, 2.45) is 5.92 Å². The van der Waals surface area contributed by atoms with Crippen LogP contribution in [0.1, 0.15) is 28.9 Å². The number of carbonyl (C=O) groups excluding carboxylic acids is 2. The number of hydrogen-bond donors (Lipinski definition) is 2.